The Hall–Kier alpha value is -0.490. The number of rotatable bonds is 3. The summed E-state index contributed by atoms with van der Waals surface area (Å²) in [6.45, 7) is 5.52. The van der Waals surface area contributed by atoms with Crippen LogP contribution in [0.25, 0.3) is 0 Å². The Morgan fingerprint density at radius 2 is 2.21 bits per heavy atom. The highest BCUT2D eigenvalue weighted by Crippen LogP contribution is 2.28. The predicted molar refractivity (Wildman–Crippen MR) is 79.6 cm³/mol. The Balaban J connectivity index is 2.26. The third kappa shape index (κ3) is 3.34. The number of nitrogens with two attached hydrogens (primary N) is 1. The quantitative estimate of drug-likeness (QED) is 0.922. The Bertz CT molecular complexity index is 441. The first kappa shape index (κ1) is 14.9. The van der Waals surface area contributed by atoms with Crippen LogP contribution >= 0.6 is 15.9 Å². The molecule has 1 aromatic carbocycles. The summed E-state index contributed by atoms with van der Waals surface area (Å²) < 4.78 is 14.9. The lowest BCUT2D eigenvalue weighted by molar-refractivity contribution is 0.0622. The molecule has 5 heteroatoms. The van der Waals surface area contributed by atoms with Crippen LogP contribution in [0.5, 0.6) is 0 Å². The fraction of sp³-hybridized carbons (Fsp3) is 0.571. The van der Waals surface area contributed by atoms with E-state index in [-0.39, 0.29) is 11.9 Å². The van der Waals surface area contributed by atoms with Crippen LogP contribution in [0.15, 0.2) is 22.7 Å². The molecule has 2 unspecified atom stereocenters. The average Bonchev–Trinajstić information content (AvgIpc) is 2.36. The summed E-state index contributed by atoms with van der Waals surface area (Å²) >= 11 is 3.41. The van der Waals surface area contributed by atoms with Gasteiger partial charge >= 0.3 is 0 Å². The van der Waals surface area contributed by atoms with E-state index < -0.39 is 0 Å². The average molecular weight is 330 g/mol. The second-order valence-corrected chi connectivity index (χ2v) is 6.18. The van der Waals surface area contributed by atoms with Crippen molar-refractivity contribution in [2.24, 2.45) is 5.73 Å². The SMILES string of the molecule is CC1CN(C)CCN1C(CN)c1cc(Br)ccc1F. The van der Waals surface area contributed by atoms with Gasteiger partial charge in [0.15, 0.2) is 0 Å². The fourth-order valence-electron chi connectivity index (χ4n) is 2.83. The van der Waals surface area contributed by atoms with Crippen molar-refractivity contribution in [1.82, 2.24) is 9.80 Å². The van der Waals surface area contributed by atoms with Gasteiger partial charge in [-0.25, -0.2) is 4.39 Å². The van der Waals surface area contributed by atoms with Gasteiger partial charge in [0.2, 0.25) is 0 Å². The maximum absolute atomic E-state index is 14.1. The van der Waals surface area contributed by atoms with E-state index in [1.807, 2.05) is 6.07 Å². The molecule has 19 heavy (non-hydrogen) atoms. The third-order valence-corrected chi connectivity index (χ3v) is 4.32. The molecule has 0 spiro atoms. The minimum atomic E-state index is -0.176. The summed E-state index contributed by atoms with van der Waals surface area (Å²) in [4.78, 5) is 4.61. The number of hydrogen-bond acceptors (Lipinski definition) is 3. The fourth-order valence-corrected chi connectivity index (χ4v) is 3.21. The molecular formula is C14H21BrFN3. The minimum absolute atomic E-state index is 0.0544. The van der Waals surface area contributed by atoms with Gasteiger partial charge in [-0.15, -0.1) is 0 Å². The van der Waals surface area contributed by atoms with Crippen LogP contribution in [0.2, 0.25) is 0 Å². The maximum Gasteiger partial charge on any atom is 0.128 e. The Morgan fingerprint density at radius 1 is 1.47 bits per heavy atom. The normalized spacial score (nSPS) is 23.5. The van der Waals surface area contributed by atoms with E-state index in [0.717, 1.165) is 24.1 Å². The molecule has 2 rings (SSSR count). The Kier molecular flexibility index (Phi) is 4.95. The Morgan fingerprint density at radius 3 is 2.84 bits per heavy atom. The molecule has 1 saturated heterocycles. The highest BCUT2D eigenvalue weighted by atomic mass is 79.9. The molecule has 2 N–H and O–H groups in total. The first-order chi connectivity index (χ1) is 9.02. The van der Waals surface area contributed by atoms with E-state index in [1.54, 1.807) is 6.07 Å². The molecule has 0 amide bonds. The van der Waals surface area contributed by atoms with E-state index in [9.17, 15) is 4.39 Å². The lowest BCUT2D eigenvalue weighted by Crippen LogP contribution is -2.53. The van der Waals surface area contributed by atoms with Crippen LogP contribution < -0.4 is 5.73 Å². The van der Waals surface area contributed by atoms with Crippen LogP contribution in [0.1, 0.15) is 18.5 Å². The standard InChI is InChI=1S/C14H21BrFN3/c1-10-9-18(2)5-6-19(10)14(8-17)12-7-11(15)3-4-13(12)16/h3-4,7,10,14H,5-6,8-9,17H2,1-2H3. The molecule has 1 aliphatic rings. The lowest BCUT2D eigenvalue weighted by atomic mass is 10.0. The molecule has 1 fully saturated rings. The van der Waals surface area contributed by atoms with Crippen molar-refractivity contribution in [2.75, 3.05) is 33.2 Å². The molecule has 3 nitrogen and oxygen atoms in total. The molecule has 1 aliphatic heterocycles. The highest BCUT2D eigenvalue weighted by molar-refractivity contribution is 9.10. The zero-order valence-electron chi connectivity index (χ0n) is 11.4. The predicted octanol–water partition coefficient (Wildman–Crippen LogP) is 2.22. The van der Waals surface area contributed by atoms with Crippen molar-refractivity contribution in [3.63, 3.8) is 0 Å². The van der Waals surface area contributed by atoms with E-state index in [2.05, 4.69) is 39.7 Å². The highest BCUT2D eigenvalue weighted by Gasteiger charge is 2.29. The van der Waals surface area contributed by atoms with E-state index in [1.165, 1.54) is 6.07 Å². The van der Waals surface area contributed by atoms with E-state index in [4.69, 9.17) is 5.73 Å². The van der Waals surface area contributed by atoms with Crippen LogP contribution in [0, 0.1) is 5.82 Å². The molecule has 0 bridgehead atoms. The van der Waals surface area contributed by atoms with Gasteiger partial charge in [-0.1, -0.05) is 15.9 Å². The van der Waals surface area contributed by atoms with E-state index in [0.29, 0.717) is 18.2 Å². The largest absolute Gasteiger partial charge is 0.329 e. The molecule has 2 atom stereocenters. The van der Waals surface area contributed by atoms with E-state index >= 15 is 0 Å². The Labute approximate surface area is 122 Å². The van der Waals surface area contributed by atoms with Gasteiger partial charge in [0, 0.05) is 42.3 Å². The van der Waals surface area contributed by atoms with Crippen LogP contribution in [0.4, 0.5) is 4.39 Å². The van der Waals surface area contributed by atoms with Crippen LogP contribution in [-0.4, -0.2) is 49.1 Å². The molecule has 0 aliphatic carbocycles. The summed E-state index contributed by atoms with van der Waals surface area (Å²) in [7, 11) is 2.12. The first-order valence-electron chi connectivity index (χ1n) is 6.62. The number of nitrogens with zero attached hydrogens (tertiary/aromatic N) is 2. The molecule has 1 heterocycles. The molecule has 0 aromatic heterocycles. The molecule has 0 saturated carbocycles. The van der Waals surface area contributed by atoms with Gasteiger partial charge in [-0.3, -0.25) is 4.90 Å². The molecule has 106 valence electrons. The summed E-state index contributed by atoms with van der Waals surface area (Å²) in [6, 6.07) is 5.40. The van der Waals surface area contributed by atoms with Gasteiger partial charge in [0.25, 0.3) is 0 Å². The number of piperazine rings is 1. The van der Waals surface area contributed by atoms with Crippen LogP contribution in [-0.2, 0) is 0 Å². The number of halogens is 2. The number of likely N-dealkylation sites (N-methyl/N-ethyl adjacent to an activating group) is 1. The summed E-state index contributed by atoms with van der Waals surface area (Å²) in [5.74, 6) is -0.176. The topological polar surface area (TPSA) is 32.5 Å². The van der Waals surface area contributed by atoms with Crippen molar-refractivity contribution >= 4 is 15.9 Å². The van der Waals surface area contributed by atoms with Crippen molar-refractivity contribution in [3.8, 4) is 0 Å². The van der Waals surface area contributed by atoms with Gasteiger partial charge < -0.3 is 10.6 Å². The van der Waals surface area contributed by atoms with Crippen molar-refractivity contribution in [3.05, 3.63) is 34.1 Å². The second kappa shape index (κ2) is 6.31. The summed E-state index contributed by atoms with van der Waals surface area (Å²) in [5.41, 5.74) is 6.60. The van der Waals surface area contributed by atoms with Gasteiger partial charge in [0.05, 0.1) is 6.04 Å². The third-order valence-electron chi connectivity index (χ3n) is 3.82. The van der Waals surface area contributed by atoms with Crippen LogP contribution in [0.3, 0.4) is 0 Å². The van der Waals surface area contributed by atoms with Gasteiger partial charge in [-0.2, -0.15) is 0 Å². The zero-order chi connectivity index (χ0) is 14.0. The van der Waals surface area contributed by atoms with Gasteiger partial charge in [-0.05, 0) is 32.2 Å². The zero-order valence-corrected chi connectivity index (χ0v) is 13.0. The smallest absolute Gasteiger partial charge is 0.128 e. The minimum Gasteiger partial charge on any atom is -0.329 e. The second-order valence-electron chi connectivity index (χ2n) is 5.27. The lowest BCUT2D eigenvalue weighted by Gasteiger charge is -2.42. The maximum atomic E-state index is 14.1. The summed E-state index contributed by atoms with van der Waals surface area (Å²) in [6.07, 6.45) is 0. The monoisotopic (exact) mass is 329 g/mol. The van der Waals surface area contributed by atoms with Crippen molar-refractivity contribution in [2.45, 2.75) is 19.0 Å². The molecular weight excluding hydrogens is 309 g/mol. The number of hydrogen-bond donors (Lipinski definition) is 1. The first-order valence-corrected chi connectivity index (χ1v) is 7.41. The molecule has 0 radical (unpaired) electrons. The van der Waals surface area contributed by atoms with Crippen molar-refractivity contribution in [1.29, 1.82) is 0 Å². The number of benzene rings is 1. The molecule has 1 aromatic rings. The van der Waals surface area contributed by atoms with Gasteiger partial charge in [0.1, 0.15) is 5.82 Å². The summed E-state index contributed by atoms with van der Waals surface area (Å²) in [5, 5.41) is 0. The van der Waals surface area contributed by atoms with Crippen molar-refractivity contribution < 1.29 is 4.39 Å².